The van der Waals surface area contributed by atoms with E-state index in [9.17, 15) is 9.59 Å². The largest absolute Gasteiger partial charge is 0.354 e. The van der Waals surface area contributed by atoms with Crippen molar-refractivity contribution in [2.24, 2.45) is 0 Å². The zero-order valence-corrected chi connectivity index (χ0v) is 14.7. The van der Waals surface area contributed by atoms with E-state index in [2.05, 4.69) is 15.6 Å². The van der Waals surface area contributed by atoms with E-state index in [1.54, 1.807) is 0 Å². The summed E-state index contributed by atoms with van der Waals surface area (Å²) in [6.07, 6.45) is 0.626. The normalized spacial score (nSPS) is 10.7. The summed E-state index contributed by atoms with van der Waals surface area (Å²) in [6.45, 7) is 8.90. The van der Waals surface area contributed by atoms with Gasteiger partial charge in [0.1, 0.15) is 5.69 Å². The first kappa shape index (κ1) is 17.9. The molecule has 0 saturated heterocycles. The fourth-order valence-corrected chi connectivity index (χ4v) is 2.94. The number of aromatic nitrogens is 1. The third kappa shape index (κ3) is 3.74. The zero-order chi connectivity index (χ0) is 17.7. The van der Waals surface area contributed by atoms with Crippen molar-refractivity contribution in [2.45, 2.75) is 40.7 Å². The minimum absolute atomic E-state index is 0.0211. The maximum absolute atomic E-state index is 12.7. The van der Waals surface area contributed by atoms with Crippen LogP contribution in [0.3, 0.4) is 0 Å². The Morgan fingerprint density at radius 2 is 1.88 bits per heavy atom. The molecule has 5 nitrogen and oxygen atoms in total. The summed E-state index contributed by atoms with van der Waals surface area (Å²) < 4.78 is 0. The number of aryl methyl sites for hydroxylation is 1. The van der Waals surface area contributed by atoms with Crippen molar-refractivity contribution in [3.05, 3.63) is 52.3 Å². The third-order valence-electron chi connectivity index (χ3n) is 4.05. The molecule has 0 fully saturated rings. The predicted octanol–water partition coefficient (Wildman–Crippen LogP) is 3.45. The van der Waals surface area contributed by atoms with Gasteiger partial charge in [0, 0.05) is 23.5 Å². The molecular weight excluding hydrogens is 302 g/mol. The second-order valence-electron chi connectivity index (χ2n) is 5.78. The topological polar surface area (TPSA) is 74.0 Å². The molecule has 1 heterocycles. The monoisotopic (exact) mass is 327 g/mol. The van der Waals surface area contributed by atoms with Gasteiger partial charge in [0.25, 0.3) is 5.91 Å². The SMILES string of the molecule is CCNCc1ccccc1NC(=O)c1[nH]c(C)c(C(C)=O)c1CC. The second-order valence-corrected chi connectivity index (χ2v) is 5.78. The molecule has 0 bridgehead atoms. The van der Waals surface area contributed by atoms with Crippen molar-refractivity contribution >= 4 is 17.4 Å². The molecule has 2 aromatic rings. The molecule has 0 aliphatic heterocycles. The van der Waals surface area contributed by atoms with E-state index in [1.165, 1.54) is 6.92 Å². The molecule has 0 spiro atoms. The van der Waals surface area contributed by atoms with Gasteiger partial charge in [-0.3, -0.25) is 9.59 Å². The van der Waals surface area contributed by atoms with E-state index in [0.717, 1.165) is 29.1 Å². The van der Waals surface area contributed by atoms with Gasteiger partial charge >= 0.3 is 0 Å². The first-order valence-corrected chi connectivity index (χ1v) is 8.31. The van der Waals surface area contributed by atoms with E-state index in [-0.39, 0.29) is 11.7 Å². The second kappa shape index (κ2) is 7.93. The molecule has 1 amide bonds. The highest BCUT2D eigenvalue weighted by atomic mass is 16.2. The Morgan fingerprint density at radius 3 is 2.50 bits per heavy atom. The smallest absolute Gasteiger partial charge is 0.272 e. The van der Waals surface area contributed by atoms with E-state index in [1.807, 2.05) is 45.0 Å². The summed E-state index contributed by atoms with van der Waals surface area (Å²) in [5, 5.41) is 6.23. The predicted molar refractivity (Wildman–Crippen MR) is 96.7 cm³/mol. The number of anilines is 1. The number of Topliss-reactive ketones (excluding diaryl/α,β-unsaturated/α-hetero) is 1. The first-order valence-electron chi connectivity index (χ1n) is 8.31. The van der Waals surface area contributed by atoms with Crippen molar-refractivity contribution in [3.8, 4) is 0 Å². The van der Waals surface area contributed by atoms with Gasteiger partial charge in [0.2, 0.25) is 0 Å². The highest BCUT2D eigenvalue weighted by molar-refractivity contribution is 6.08. The van der Waals surface area contributed by atoms with Gasteiger partial charge in [0.15, 0.2) is 5.78 Å². The van der Waals surface area contributed by atoms with E-state index in [0.29, 0.717) is 24.2 Å². The molecule has 0 radical (unpaired) electrons. The minimum Gasteiger partial charge on any atom is -0.354 e. The minimum atomic E-state index is -0.216. The lowest BCUT2D eigenvalue weighted by molar-refractivity contribution is 0.101. The highest BCUT2D eigenvalue weighted by Crippen LogP contribution is 2.22. The van der Waals surface area contributed by atoms with Crippen molar-refractivity contribution in [3.63, 3.8) is 0 Å². The van der Waals surface area contributed by atoms with Crippen LogP contribution in [-0.4, -0.2) is 23.2 Å². The van der Waals surface area contributed by atoms with E-state index in [4.69, 9.17) is 0 Å². The number of para-hydroxylation sites is 1. The maximum atomic E-state index is 12.7. The van der Waals surface area contributed by atoms with Gasteiger partial charge in [-0.15, -0.1) is 0 Å². The third-order valence-corrected chi connectivity index (χ3v) is 4.05. The summed E-state index contributed by atoms with van der Waals surface area (Å²) >= 11 is 0. The number of ketones is 1. The van der Waals surface area contributed by atoms with Crippen molar-refractivity contribution in [2.75, 3.05) is 11.9 Å². The number of rotatable bonds is 7. The van der Waals surface area contributed by atoms with Crippen LogP contribution in [0.5, 0.6) is 0 Å². The van der Waals surface area contributed by atoms with Crippen LogP contribution in [0.4, 0.5) is 5.69 Å². The number of aromatic amines is 1. The maximum Gasteiger partial charge on any atom is 0.272 e. The Hall–Kier alpha value is -2.40. The Kier molecular flexibility index (Phi) is 5.93. The van der Waals surface area contributed by atoms with Crippen LogP contribution >= 0.6 is 0 Å². The average molecular weight is 327 g/mol. The Labute approximate surface area is 142 Å². The molecule has 0 unspecified atom stereocenters. The van der Waals surface area contributed by atoms with Gasteiger partial charge in [-0.1, -0.05) is 32.0 Å². The van der Waals surface area contributed by atoms with Crippen molar-refractivity contribution in [1.29, 1.82) is 0 Å². The first-order chi connectivity index (χ1) is 11.5. The summed E-state index contributed by atoms with van der Waals surface area (Å²) in [5.74, 6) is -0.237. The van der Waals surface area contributed by atoms with E-state index < -0.39 is 0 Å². The van der Waals surface area contributed by atoms with Crippen LogP contribution < -0.4 is 10.6 Å². The van der Waals surface area contributed by atoms with Gasteiger partial charge in [-0.05, 0) is 44.0 Å². The molecule has 0 aliphatic rings. The average Bonchev–Trinajstić information content (AvgIpc) is 2.90. The fourth-order valence-electron chi connectivity index (χ4n) is 2.94. The number of hydrogen-bond donors (Lipinski definition) is 3. The van der Waals surface area contributed by atoms with Gasteiger partial charge in [-0.25, -0.2) is 0 Å². The molecule has 5 heteroatoms. The molecule has 3 N–H and O–H groups in total. The lowest BCUT2D eigenvalue weighted by atomic mass is 10.0. The lowest BCUT2D eigenvalue weighted by Gasteiger charge is -2.11. The number of H-pyrrole nitrogens is 1. The van der Waals surface area contributed by atoms with Crippen molar-refractivity contribution < 1.29 is 9.59 Å². The Bertz CT molecular complexity index is 747. The van der Waals surface area contributed by atoms with Crippen LogP contribution in [-0.2, 0) is 13.0 Å². The number of amides is 1. The van der Waals surface area contributed by atoms with Gasteiger partial charge in [0.05, 0.1) is 0 Å². The van der Waals surface area contributed by atoms with Crippen LogP contribution in [0.25, 0.3) is 0 Å². The lowest BCUT2D eigenvalue weighted by Crippen LogP contribution is -2.18. The van der Waals surface area contributed by atoms with Crippen LogP contribution in [0.2, 0.25) is 0 Å². The number of benzene rings is 1. The number of hydrogen-bond acceptors (Lipinski definition) is 3. The molecule has 1 aromatic heterocycles. The number of carbonyl (C=O) groups is 2. The molecule has 0 saturated carbocycles. The number of nitrogens with one attached hydrogen (secondary N) is 3. The molecule has 0 aliphatic carbocycles. The number of carbonyl (C=O) groups excluding carboxylic acids is 2. The highest BCUT2D eigenvalue weighted by Gasteiger charge is 2.22. The van der Waals surface area contributed by atoms with Crippen LogP contribution in [0, 0.1) is 6.92 Å². The summed E-state index contributed by atoms with van der Waals surface area (Å²) in [4.78, 5) is 27.7. The Balaban J connectivity index is 2.31. The molecule has 1 aromatic carbocycles. The summed E-state index contributed by atoms with van der Waals surface area (Å²) in [7, 11) is 0. The van der Waals surface area contributed by atoms with E-state index >= 15 is 0 Å². The van der Waals surface area contributed by atoms with Crippen molar-refractivity contribution in [1.82, 2.24) is 10.3 Å². The quantitative estimate of drug-likeness (QED) is 0.682. The van der Waals surface area contributed by atoms with Gasteiger partial charge < -0.3 is 15.6 Å². The molecule has 2 rings (SSSR count). The summed E-state index contributed by atoms with van der Waals surface area (Å²) in [6, 6.07) is 7.72. The molecule has 24 heavy (non-hydrogen) atoms. The molecular formula is C19H25N3O2. The van der Waals surface area contributed by atoms with Crippen LogP contribution in [0.1, 0.15) is 58.4 Å². The van der Waals surface area contributed by atoms with Crippen LogP contribution in [0.15, 0.2) is 24.3 Å². The molecule has 0 atom stereocenters. The van der Waals surface area contributed by atoms with Gasteiger partial charge in [-0.2, -0.15) is 0 Å². The standard InChI is InChI=1S/C19H25N3O2/c1-5-15-17(13(4)23)12(3)21-18(15)19(24)22-16-10-8-7-9-14(16)11-20-6-2/h7-10,20-21H,5-6,11H2,1-4H3,(H,22,24). The fraction of sp³-hybridized carbons (Fsp3) is 0.368. The summed E-state index contributed by atoms with van der Waals surface area (Å²) in [5.41, 5.74) is 4.43. The molecule has 128 valence electrons. The zero-order valence-electron chi connectivity index (χ0n) is 14.7. The Morgan fingerprint density at radius 1 is 1.17 bits per heavy atom.